The minimum Gasteiger partial charge on any atom is -0.297 e. The van der Waals surface area contributed by atoms with Gasteiger partial charge in [-0.15, -0.1) is 0 Å². The van der Waals surface area contributed by atoms with Gasteiger partial charge >= 0.3 is 0 Å². The van der Waals surface area contributed by atoms with Crippen LogP contribution >= 0.6 is 0 Å². The molecule has 21 heavy (non-hydrogen) atoms. The summed E-state index contributed by atoms with van der Waals surface area (Å²) in [5.41, 5.74) is -0.375. The minimum absolute atomic E-state index is 0.00102. The summed E-state index contributed by atoms with van der Waals surface area (Å²) >= 11 is 0. The van der Waals surface area contributed by atoms with Crippen molar-refractivity contribution in [2.45, 2.75) is 51.5 Å². The molecule has 0 unspecified atom stereocenters. The van der Waals surface area contributed by atoms with E-state index in [1.54, 1.807) is 0 Å². The zero-order chi connectivity index (χ0) is 15.5. The van der Waals surface area contributed by atoms with E-state index in [-0.39, 0.29) is 17.8 Å². The Morgan fingerprint density at radius 2 is 1.81 bits per heavy atom. The van der Waals surface area contributed by atoms with E-state index in [0.717, 1.165) is 32.0 Å². The second-order valence-corrected chi connectivity index (χ2v) is 5.75. The normalized spacial score (nSPS) is 16.4. The van der Waals surface area contributed by atoms with Crippen LogP contribution in [0.25, 0.3) is 0 Å². The number of benzene rings is 1. The molecule has 1 saturated heterocycles. The SMILES string of the molecule is CCC(CC)(C(=O)Cc1cccc(F)c1F)N1CCCC1. The predicted molar refractivity (Wildman–Crippen MR) is 79.2 cm³/mol. The summed E-state index contributed by atoms with van der Waals surface area (Å²) in [4.78, 5) is 15.0. The number of Topliss-reactive ketones (excluding diaryl/α,β-unsaturated/α-hetero) is 1. The average molecular weight is 295 g/mol. The number of likely N-dealkylation sites (tertiary alicyclic amines) is 1. The molecule has 0 amide bonds. The number of carbonyl (C=O) groups excluding carboxylic acids is 1. The van der Waals surface area contributed by atoms with Gasteiger partial charge in [-0.2, -0.15) is 0 Å². The van der Waals surface area contributed by atoms with Gasteiger partial charge in [-0.25, -0.2) is 8.78 Å². The molecule has 4 heteroatoms. The van der Waals surface area contributed by atoms with Crippen LogP contribution in [0.2, 0.25) is 0 Å². The lowest BCUT2D eigenvalue weighted by molar-refractivity contribution is -0.130. The van der Waals surface area contributed by atoms with Crippen LogP contribution in [-0.4, -0.2) is 29.3 Å². The van der Waals surface area contributed by atoms with Crippen LogP contribution in [0.4, 0.5) is 8.78 Å². The molecule has 0 atom stereocenters. The number of ketones is 1. The highest BCUT2D eigenvalue weighted by Gasteiger charge is 2.41. The Bertz CT molecular complexity index is 506. The predicted octanol–water partition coefficient (Wildman–Crippen LogP) is 3.73. The summed E-state index contributed by atoms with van der Waals surface area (Å²) in [6.07, 6.45) is 3.58. The highest BCUT2D eigenvalue weighted by Crippen LogP contribution is 2.30. The van der Waals surface area contributed by atoms with Gasteiger partial charge in [0.15, 0.2) is 17.4 Å². The standard InChI is InChI=1S/C17H23F2NO/c1-3-17(4-2,20-10-5-6-11-20)15(21)12-13-8-7-9-14(18)16(13)19/h7-9H,3-6,10-12H2,1-2H3. The molecule has 1 aromatic rings. The molecule has 1 aliphatic rings. The lowest BCUT2D eigenvalue weighted by Gasteiger charge is -2.39. The van der Waals surface area contributed by atoms with Gasteiger partial charge in [0.1, 0.15) is 0 Å². The van der Waals surface area contributed by atoms with Crippen molar-refractivity contribution in [1.82, 2.24) is 4.90 Å². The van der Waals surface area contributed by atoms with E-state index in [0.29, 0.717) is 12.8 Å². The van der Waals surface area contributed by atoms with Gasteiger partial charge in [0.05, 0.1) is 5.54 Å². The van der Waals surface area contributed by atoms with Crippen LogP contribution in [-0.2, 0) is 11.2 Å². The fourth-order valence-electron chi connectivity index (χ4n) is 3.44. The van der Waals surface area contributed by atoms with Gasteiger partial charge in [-0.3, -0.25) is 9.69 Å². The Labute approximate surface area is 125 Å². The molecule has 1 fully saturated rings. The molecule has 0 N–H and O–H groups in total. The first-order valence-corrected chi connectivity index (χ1v) is 7.76. The van der Waals surface area contributed by atoms with Crippen LogP contribution in [0, 0.1) is 11.6 Å². The summed E-state index contributed by atoms with van der Waals surface area (Å²) < 4.78 is 27.1. The molecule has 1 heterocycles. The van der Waals surface area contributed by atoms with E-state index >= 15 is 0 Å². The van der Waals surface area contributed by atoms with Gasteiger partial charge in [-0.1, -0.05) is 26.0 Å². The lowest BCUT2D eigenvalue weighted by atomic mass is 9.83. The lowest BCUT2D eigenvalue weighted by Crippen LogP contribution is -2.53. The van der Waals surface area contributed by atoms with Crippen LogP contribution in [0.15, 0.2) is 18.2 Å². The molecule has 0 bridgehead atoms. The zero-order valence-electron chi connectivity index (χ0n) is 12.8. The van der Waals surface area contributed by atoms with Crippen molar-refractivity contribution in [2.75, 3.05) is 13.1 Å². The molecular formula is C17H23F2NO. The highest BCUT2D eigenvalue weighted by molar-refractivity contribution is 5.90. The van der Waals surface area contributed by atoms with Crippen molar-refractivity contribution in [3.05, 3.63) is 35.4 Å². The van der Waals surface area contributed by atoms with Crippen LogP contribution < -0.4 is 0 Å². The summed E-state index contributed by atoms with van der Waals surface area (Å²) in [6, 6.07) is 4.03. The number of nitrogens with zero attached hydrogens (tertiary/aromatic N) is 1. The van der Waals surface area contributed by atoms with Gasteiger partial charge in [0.25, 0.3) is 0 Å². The molecule has 116 valence electrons. The van der Waals surface area contributed by atoms with Gasteiger partial charge < -0.3 is 0 Å². The van der Waals surface area contributed by atoms with Gasteiger partial charge in [-0.05, 0) is 50.4 Å². The summed E-state index contributed by atoms with van der Waals surface area (Å²) in [5, 5.41) is 0. The topological polar surface area (TPSA) is 20.3 Å². The fourth-order valence-corrected chi connectivity index (χ4v) is 3.44. The molecule has 0 spiro atoms. The summed E-state index contributed by atoms with van der Waals surface area (Å²) in [7, 11) is 0. The maximum absolute atomic E-state index is 13.8. The van der Waals surface area contributed by atoms with Gasteiger partial charge in [0, 0.05) is 6.42 Å². The minimum atomic E-state index is -0.895. The number of halogens is 2. The third kappa shape index (κ3) is 3.00. The average Bonchev–Trinajstić information content (AvgIpc) is 3.00. The molecule has 0 aliphatic carbocycles. The maximum atomic E-state index is 13.8. The molecule has 1 aliphatic heterocycles. The number of hydrogen-bond donors (Lipinski definition) is 0. The monoisotopic (exact) mass is 295 g/mol. The van der Waals surface area contributed by atoms with Crippen molar-refractivity contribution < 1.29 is 13.6 Å². The van der Waals surface area contributed by atoms with E-state index in [1.165, 1.54) is 12.1 Å². The first-order valence-electron chi connectivity index (χ1n) is 7.76. The molecular weight excluding hydrogens is 272 g/mol. The van der Waals surface area contributed by atoms with Crippen molar-refractivity contribution in [1.29, 1.82) is 0 Å². The Morgan fingerprint density at radius 1 is 1.19 bits per heavy atom. The molecule has 2 nitrogen and oxygen atoms in total. The van der Waals surface area contributed by atoms with Crippen molar-refractivity contribution >= 4 is 5.78 Å². The van der Waals surface area contributed by atoms with Crippen molar-refractivity contribution in [3.8, 4) is 0 Å². The second kappa shape index (κ2) is 6.65. The summed E-state index contributed by atoms with van der Waals surface area (Å²) in [5.74, 6) is -1.78. The van der Waals surface area contributed by atoms with E-state index < -0.39 is 17.2 Å². The van der Waals surface area contributed by atoms with Gasteiger partial charge in [0.2, 0.25) is 0 Å². The molecule has 0 aromatic heterocycles. The quantitative estimate of drug-likeness (QED) is 0.797. The van der Waals surface area contributed by atoms with E-state index in [9.17, 15) is 13.6 Å². The Hall–Kier alpha value is -1.29. The second-order valence-electron chi connectivity index (χ2n) is 5.75. The molecule has 1 aromatic carbocycles. The number of rotatable bonds is 6. The third-order valence-electron chi connectivity index (χ3n) is 4.78. The molecule has 2 rings (SSSR count). The van der Waals surface area contributed by atoms with Crippen molar-refractivity contribution in [2.24, 2.45) is 0 Å². The Morgan fingerprint density at radius 3 is 2.38 bits per heavy atom. The van der Waals surface area contributed by atoms with Crippen molar-refractivity contribution in [3.63, 3.8) is 0 Å². The smallest absolute Gasteiger partial charge is 0.162 e. The largest absolute Gasteiger partial charge is 0.297 e. The molecule has 0 saturated carbocycles. The molecule has 0 radical (unpaired) electrons. The highest BCUT2D eigenvalue weighted by atomic mass is 19.2. The first-order chi connectivity index (χ1) is 10.0. The third-order valence-corrected chi connectivity index (χ3v) is 4.78. The van der Waals surface area contributed by atoms with Crippen LogP contribution in [0.5, 0.6) is 0 Å². The van der Waals surface area contributed by atoms with E-state index in [4.69, 9.17) is 0 Å². The Balaban J connectivity index is 2.24. The first kappa shape index (κ1) is 16.1. The van der Waals surface area contributed by atoms with Crippen LogP contribution in [0.1, 0.15) is 45.1 Å². The fraction of sp³-hybridized carbons (Fsp3) is 0.588. The number of carbonyl (C=O) groups is 1. The Kier molecular flexibility index (Phi) is 5.09. The maximum Gasteiger partial charge on any atom is 0.162 e. The summed E-state index contributed by atoms with van der Waals surface area (Å²) in [6.45, 7) is 5.83. The number of hydrogen-bond acceptors (Lipinski definition) is 2. The van der Waals surface area contributed by atoms with Crippen LogP contribution in [0.3, 0.4) is 0 Å². The zero-order valence-corrected chi connectivity index (χ0v) is 12.8. The van der Waals surface area contributed by atoms with E-state index in [1.807, 2.05) is 13.8 Å². The van der Waals surface area contributed by atoms with E-state index in [2.05, 4.69) is 4.90 Å².